The van der Waals surface area contributed by atoms with E-state index in [1.165, 1.54) is 0 Å². The molecule has 0 radical (unpaired) electrons. The first-order valence-corrected chi connectivity index (χ1v) is 8.63. The highest BCUT2D eigenvalue weighted by Gasteiger charge is 2.22. The molecule has 7 heteroatoms. The standard InChI is InChI=1S/C12H21BrN2O3S/c1-4-5-14-8-10-6-11(12(13)18-10)19(16,17)15-7-9(2)3/h6,9,14-15H,4-5,7-8H2,1-3H3. The van der Waals surface area contributed by atoms with Gasteiger partial charge >= 0.3 is 0 Å². The van der Waals surface area contributed by atoms with Gasteiger partial charge in [-0.3, -0.25) is 0 Å². The van der Waals surface area contributed by atoms with Crippen LogP contribution in [0.4, 0.5) is 0 Å². The lowest BCUT2D eigenvalue weighted by molar-refractivity contribution is 0.460. The summed E-state index contributed by atoms with van der Waals surface area (Å²) in [5, 5.41) is 3.16. The van der Waals surface area contributed by atoms with Gasteiger partial charge in [-0.25, -0.2) is 13.1 Å². The Kier molecular flexibility index (Phi) is 6.52. The Morgan fingerprint density at radius 1 is 1.42 bits per heavy atom. The minimum Gasteiger partial charge on any atom is -0.452 e. The van der Waals surface area contributed by atoms with Gasteiger partial charge in [0.2, 0.25) is 10.0 Å². The average molecular weight is 353 g/mol. The van der Waals surface area contributed by atoms with Crippen molar-refractivity contribution in [1.82, 2.24) is 10.0 Å². The van der Waals surface area contributed by atoms with Gasteiger partial charge in [-0.2, -0.15) is 0 Å². The van der Waals surface area contributed by atoms with E-state index in [0.717, 1.165) is 13.0 Å². The second-order valence-corrected chi connectivity index (χ2v) is 7.23. The van der Waals surface area contributed by atoms with Gasteiger partial charge in [-0.15, -0.1) is 0 Å². The molecule has 0 saturated carbocycles. The van der Waals surface area contributed by atoms with Gasteiger partial charge in [0.05, 0.1) is 6.54 Å². The van der Waals surface area contributed by atoms with Crippen LogP contribution in [0.5, 0.6) is 0 Å². The van der Waals surface area contributed by atoms with E-state index in [1.54, 1.807) is 6.07 Å². The molecule has 5 nitrogen and oxygen atoms in total. The van der Waals surface area contributed by atoms with Crippen molar-refractivity contribution in [3.8, 4) is 0 Å². The maximum Gasteiger partial charge on any atom is 0.244 e. The summed E-state index contributed by atoms with van der Waals surface area (Å²) in [6.45, 7) is 7.76. The van der Waals surface area contributed by atoms with E-state index in [-0.39, 0.29) is 15.5 Å². The third kappa shape index (κ3) is 5.25. The normalized spacial score (nSPS) is 12.3. The number of furan rings is 1. The Balaban J connectivity index is 2.77. The fourth-order valence-electron chi connectivity index (χ4n) is 1.41. The SMILES string of the molecule is CCCNCc1cc(S(=O)(=O)NCC(C)C)c(Br)o1. The third-order valence-corrected chi connectivity index (χ3v) is 4.68. The van der Waals surface area contributed by atoms with Crippen LogP contribution in [-0.4, -0.2) is 21.5 Å². The van der Waals surface area contributed by atoms with Gasteiger partial charge in [-0.1, -0.05) is 20.8 Å². The van der Waals surface area contributed by atoms with Crippen LogP contribution in [0.15, 0.2) is 20.0 Å². The van der Waals surface area contributed by atoms with Gasteiger partial charge in [0.25, 0.3) is 0 Å². The fraction of sp³-hybridized carbons (Fsp3) is 0.667. The summed E-state index contributed by atoms with van der Waals surface area (Å²) in [6.07, 6.45) is 1.02. The summed E-state index contributed by atoms with van der Waals surface area (Å²) >= 11 is 3.16. The van der Waals surface area contributed by atoms with Crippen molar-refractivity contribution >= 4 is 26.0 Å². The lowest BCUT2D eigenvalue weighted by Gasteiger charge is -2.06. The van der Waals surface area contributed by atoms with Crippen molar-refractivity contribution in [2.24, 2.45) is 5.92 Å². The molecule has 0 aromatic carbocycles. The zero-order chi connectivity index (χ0) is 14.5. The lowest BCUT2D eigenvalue weighted by atomic mass is 10.2. The van der Waals surface area contributed by atoms with Gasteiger partial charge < -0.3 is 9.73 Å². The minimum atomic E-state index is -3.51. The van der Waals surface area contributed by atoms with E-state index in [9.17, 15) is 8.42 Å². The summed E-state index contributed by atoms with van der Waals surface area (Å²) in [7, 11) is -3.51. The quantitative estimate of drug-likeness (QED) is 0.705. The molecule has 110 valence electrons. The predicted octanol–water partition coefficient (Wildman–Crippen LogP) is 2.48. The second-order valence-electron chi connectivity index (χ2n) is 4.77. The minimum absolute atomic E-state index is 0.154. The van der Waals surface area contributed by atoms with Crippen molar-refractivity contribution in [1.29, 1.82) is 0 Å². The van der Waals surface area contributed by atoms with Gasteiger partial charge in [0.15, 0.2) is 4.67 Å². The maximum atomic E-state index is 12.1. The average Bonchev–Trinajstić information content (AvgIpc) is 2.69. The predicted molar refractivity (Wildman–Crippen MR) is 78.4 cm³/mol. The van der Waals surface area contributed by atoms with Gasteiger partial charge in [0.1, 0.15) is 10.7 Å². The molecule has 0 unspecified atom stereocenters. The summed E-state index contributed by atoms with van der Waals surface area (Å²) in [6, 6.07) is 1.55. The van der Waals surface area contributed by atoms with Crippen LogP contribution in [0, 0.1) is 5.92 Å². The molecule has 0 bridgehead atoms. The molecule has 0 amide bonds. The molecule has 0 spiro atoms. The Bertz CT molecular complexity index is 497. The van der Waals surface area contributed by atoms with E-state index in [1.807, 2.05) is 13.8 Å². The van der Waals surface area contributed by atoms with E-state index in [4.69, 9.17) is 4.42 Å². The molecule has 0 atom stereocenters. The molecule has 0 fully saturated rings. The molecule has 1 rings (SSSR count). The monoisotopic (exact) mass is 352 g/mol. The summed E-state index contributed by atoms with van der Waals surface area (Å²) in [5.74, 6) is 0.858. The molecule has 0 aliphatic heterocycles. The van der Waals surface area contributed by atoms with Crippen molar-refractivity contribution in [2.45, 2.75) is 38.6 Å². The molecule has 1 aromatic heterocycles. The van der Waals surface area contributed by atoms with Crippen LogP contribution in [0.2, 0.25) is 0 Å². The first-order valence-electron chi connectivity index (χ1n) is 6.35. The van der Waals surface area contributed by atoms with E-state index in [2.05, 4.69) is 32.9 Å². The van der Waals surface area contributed by atoms with E-state index < -0.39 is 10.0 Å². The number of hydrogen-bond acceptors (Lipinski definition) is 4. The molecular weight excluding hydrogens is 332 g/mol. The second kappa shape index (κ2) is 7.42. The number of halogens is 1. The van der Waals surface area contributed by atoms with E-state index in [0.29, 0.717) is 18.8 Å². The largest absolute Gasteiger partial charge is 0.452 e. The van der Waals surface area contributed by atoms with Crippen molar-refractivity contribution in [3.05, 3.63) is 16.5 Å². The topological polar surface area (TPSA) is 71.3 Å². The van der Waals surface area contributed by atoms with Gasteiger partial charge in [-0.05, 0) is 34.8 Å². The molecule has 1 heterocycles. The van der Waals surface area contributed by atoms with Crippen molar-refractivity contribution < 1.29 is 12.8 Å². The summed E-state index contributed by atoms with van der Waals surface area (Å²) < 4.78 is 32.4. The maximum absolute atomic E-state index is 12.1. The van der Waals surface area contributed by atoms with Gasteiger partial charge in [0, 0.05) is 12.6 Å². The van der Waals surface area contributed by atoms with Crippen LogP contribution >= 0.6 is 15.9 Å². The number of hydrogen-bond donors (Lipinski definition) is 2. The number of sulfonamides is 1. The van der Waals surface area contributed by atoms with E-state index >= 15 is 0 Å². The Morgan fingerprint density at radius 3 is 2.68 bits per heavy atom. The number of nitrogens with one attached hydrogen (secondary N) is 2. The summed E-state index contributed by atoms with van der Waals surface area (Å²) in [4.78, 5) is 0.154. The lowest BCUT2D eigenvalue weighted by Crippen LogP contribution is -2.27. The molecule has 19 heavy (non-hydrogen) atoms. The summed E-state index contributed by atoms with van der Waals surface area (Å²) in [5.41, 5.74) is 0. The van der Waals surface area contributed by atoms with Crippen LogP contribution in [-0.2, 0) is 16.6 Å². The third-order valence-electron chi connectivity index (χ3n) is 2.40. The zero-order valence-electron chi connectivity index (χ0n) is 11.5. The Morgan fingerprint density at radius 2 is 2.11 bits per heavy atom. The highest BCUT2D eigenvalue weighted by Crippen LogP contribution is 2.26. The van der Waals surface area contributed by atoms with Crippen LogP contribution < -0.4 is 10.0 Å². The molecule has 0 aliphatic carbocycles. The van der Waals surface area contributed by atoms with Crippen LogP contribution in [0.1, 0.15) is 33.0 Å². The Labute approximate surface area is 123 Å². The molecule has 0 aliphatic rings. The first kappa shape index (κ1) is 16.7. The Hall–Kier alpha value is -0.370. The fourth-order valence-corrected chi connectivity index (χ4v) is 3.62. The number of rotatable bonds is 8. The molecule has 2 N–H and O–H groups in total. The molecule has 1 aromatic rings. The van der Waals surface area contributed by atoms with Crippen LogP contribution in [0.25, 0.3) is 0 Å². The van der Waals surface area contributed by atoms with Crippen molar-refractivity contribution in [2.75, 3.05) is 13.1 Å². The van der Waals surface area contributed by atoms with Crippen LogP contribution in [0.3, 0.4) is 0 Å². The first-order chi connectivity index (χ1) is 8.86. The smallest absolute Gasteiger partial charge is 0.244 e. The molecular formula is C12H21BrN2O3S. The highest BCUT2D eigenvalue weighted by atomic mass is 79.9. The van der Waals surface area contributed by atoms with Crippen molar-refractivity contribution in [3.63, 3.8) is 0 Å². The zero-order valence-corrected chi connectivity index (χ0v) is 13.9. The highest BCUT2D eigenvalue weighted by molar-refractivity contribution is 9.10. The molecule has 0 saturated heterocycles.